The summed E-state index contributed by atoms with van der Waals surface area (Å²) in [7, 11) is 0. The monoisotopic (exact) mass is 730 g/mol. The van der Waals surface area contributed by atoms with Crippen molar-refractivity contribution in [2.24, 2.45) is 0 Å². The van der Waals surface area contributed by atoms with Gasteiger partial charge in [0.15, 0.2) is 17.3 Å². The summed E-state index contributed by atoms with van der Waals surface area (Å²) in [5.74, 6) is 2.35. The lowest BCUT2D eigenvalue weighted by Gasteiger charge is -2.33. The van der Waals surface area contributed by atoms with Crippen LogP contribution >= 0.6 is 0 Å². The number of aromatic nitrogens is 3. The summed E-state index contributed by atoms with van der Waals surface area (Å²) in [6, 6.07) is 72.0. The molecule has 0 radical (unpaired) electrons. The molecule has 0 fully saturated rings. The molecule has 1 aliphatic rings. The Balaban J connectivity index is 1.04. The summed E-state index contributed by atoms with van der Waals surface area (Å²) in [6.07, 6.45) is 0. The molecule has 0 atom stereocenters. The molecule has 8 aromatic carbocycles. The molecule has 11 rings (SSSR count). The highest BCUT2D eigenvalue weighted by atomic mass is 16.5. The number of hydrogen-bond donors (Lipinski definition) is 0. The van der Waals surface area contributed by atoms with Crippen molar-refractivity contribution < 1.29 is 4.74 Å². The van der Waals surface area contributed by atoms with Crippen LogP contribution in [0.3, 0.4) is 0 Å². The Morgan fingerprint density at radius 1 is 0.351 bits per heavy atom. The van der Waals surface area contributed by atoms with E-state index < -0.39 is 0 Å². The molecule has 0 bridgehead atoms. The van der Waals surface area contributed by atoms with Gasteiger partial charge in [-0.15, -0.1) is 0 Å². The Morgan fingerprint density at radius 2 is 0.895 bits per heavy atom. The highest BCUT2D eigenvalue weighted by molar-refractivity contribution is 6.10. The first-order chi connectivity index (χ1) is 28.2. The zero-order valence-corrected chi connectivity index (χ0v) is 30.8. The lowest BCUT2D eigenvalue weighted by Crippen LogP contribution is -2.15. The first kappa shape index (κ1) is 32.7. The van der Waals surface area contributed by atoms with Crippen molar-refractivity contribution in [3.8, 4) is 62.2 Å². The molecular formula is C52H34N4O. The van der Waals surface area contributed by atoms with Gasteiger partial charge >= 0.3 is 0 Å². The van der Waals surface area contributed by atoms with Crippen LogP contribution in [0.1, 0.15) is 0 Å². The van der Waals surface area contributed by atoms with Gasteiger partial charge < -0.3 is 14.2 Å². The number of ether oxygens (including phenoxy) is 1. The summed E-state index contributed by atoms with van der Waals surface area (Å²) in [4.78, 5) is 12.5. The van der Waals surface area contributed by atoms with E-state index in [0.717, 1.165) is 84.5 Å². The second kappa shape index (κ2) is 13.5. The maximum absolute atomic E-state index is 6.34. The number of anilines is 3. The molecule has 1 aliphatic heterocycles. The number of rotatable bonds is 6. The molecule has 0 amide bonds. The van der Waals surface area contributed by atoms with Gasteiger partial charge in [-0.3, -0.25) is 0 Å². The largest absolute Gasteiger partial charge is 0.453 e. The van der Waals surface area contributed by atoms with E-state index in [4.69, 9.17) is 14.7 Å². The van der Waals surface area contributed by atoms with Crippen molar-refractivity contribution in [2.45, 2.75) is 0 Å². The molecule has 2 aromatic heterocycles. The molecule has 0 N–H and O–H groups in total. The normalized spacial score (nSPS) is 12.0. The maximum atomic E-state index is 6.34. The number of para-hydroxylation sites is 5. The van der Waals surface area contributed by atoms with Crippen molar-refractivity contribution in [3.63, 3.8) is 0 Å². The lowest BCUT2D eigenvalue weighted by molar-refractivity contribution is 0.477. The predicted octanol–water partition coefficient (Wildman–Crippen LogP) is 13.8. The van der Waals surface area contributed by atoms with Crippen molar-refractivity contribution in [1.29, 1.82) is 0 Å². The number of nitrogens with zero attached hydrogens (tertiary/aromatic N) is 4. The van der Waals surface area contributed by atoms with Gasteiger partial charge in [0, 0.05) is 38.8 Å². The molecule has 0 unspecified atom stereocenters. The van der Waals surface area contributed by atoms with Crippen LogP contribution in [0.2, 0.25) is 0 Å². The summed E-state index contributed by atoms with van der Waals surface area (Å²) in [5.41, 5.74) is 13.5. The van der Waals surface area contributed by atoms with Crippen LogP contribution in [-0.2, 0) is 0 Å². The van der Waals surface area contributed by atoms with Crippen LogP contribution in [0.5, 0.6) is 11.5 Å². The lowest BCUT2D eigenvalue weighted by atomic mass is 10.0. The van der Waals surface area contributed by atoms with Crippen molar-refractivity contribution in [2.75, 3.05) is 4.90 Å². The third-order valence-corrected chi connectivity index (χ3v) is 10.8. The van der Waals surface area contributed by atoms with E-state index in [1.165, 1.54) is 10.8 Å². The van der Waals surface area contributed by atoms with Crippen LogP contribution in [0.25, 0.3) is 72.5 Å². The van der Waals surface area contributed by atoms with E-state index in [1.54, 1.807) is 0 Å². The van der Waals surface area contributed by atoms with Crippen molar-refractivity contribution in [3.05, 3.63) is 206 Å². The first-order valence-corrected chi connectivity index (χ1v) is 19.2. The predicted molar refractivity (Wildman–Crippen MR) is 233 cm³/mol. The fourth-order valence-electron chi connectivity index (χ4n) is 8.11. The molecule has 3 heterocycles. The van der Waals surface area contributed by atoms with Gasteiger partial charge in [-0.2, -0.15) is 0 Å². The van der Waals surface area contributed by atoms with E-state index in [0.29, 0.717) is 5.82 Å². The fraction of sp³-hybridized carbons (Fsp3) is 0. The average molecular weight is 731 g/mol. The SMILES string of the molecule is c1ccc(-c2cc(-c3ccccc3)nc(-c3cccc(-c4ccc5c6ccccc6n(-c6cccc(N7c8ccccc8Oc8ccccc87)c6)c5c4)c3)n2)cc1. The van der Waals surface area contributed by atoms with Crippen LogP contribution in [0.4, 0.5) is 17.1 Å². The van der Waals surface area contributed by atoms with Crippen molar-refractivity contribution >= 4 is 38.9 Å². The Morgan fingerprint density at radius 3 is 1.61 bits per heavy atom. The zero-order valence-electron chi connectivity index (χ0n) is 30.8. The van der Waals surface area contributed by atoms with Crippen molar-refractivity contribution in [1.82, 2.24) is 14.5 Å². The Bertz CT molecular complexity index is 3010. The minimum atomic E-state index is 0.690. The number of benzene rings is 8. The highest BCUT2D eigenvalue weighted by Gasteiger charge is 2.26. The maximum Gasteiger partial charge on any atom is 0.160 e. The highest BCUT2D eigenvalue weighted by Crippen LogP contribution is 2.50. The van der Waals surface area contributed by atoms with Gasteiger partial charge in [-0.25, -0.2) is 9.97 Å². The summed E-state index contributed by atoms with van der Waals surface area (Å²) in [6.45, 7) is 0. The molecule has 0 saturated heterocycles. The van der Waals surface area contributed by atoms with E-state index >= 15 is 0 Å². The van der Waals surface area contributed by atoms with Crippen LogP contribution < -0.4 is 9.64 Å². The topological polar surface area (TPSA) is 43.2 Å². The second-order valence-corrected chi connectivity index (χ2v) is 14.3. The van der Waals surface area contributed by atoms with Crippen LogP contribution in [0.15, 0.2) is 206 Å². The van der Waals surface area contributed by atoms with E-state index in [2.05, 4.69) is 155 Å². The molecule has 10 aromatic rings. The van der Waals surface area contributed by atoms with Gasteiger partial charge in [0.1, 0.15) is 0 Å². The third kappa shape index (κ3) is 5.72. The fourth-order valence-corrected chi connectivity index (χ4v) is 8.11. The molecule has 0 aliphatic carbocycles. The molecule has 5 nitrogen and oxygen atoms in total. The smallest absolute Gasteiger partial charge is 0.160 e. The molecule has 268 valence electrons. The Hall–Kier alpha value is -7.76. The standard InChI is InChI=1S/C52H34N4O/c1-3-15-35(16-4-1)44-34-45(36-17-5-2-6-18-36)54-52(53-44)39-20-13-19-37(31-39)38-29-30-43-42-23-7-8-24-46(42)55(49(43)32-38)40-21-14-22-41(33-40)56-47-25-9-11-27-50(47)57-51-28-12-10-26-48(51)56/h1-34H. The second-order valence-electron chi connectivity index (χ2n) is 14.3. The van der Waals surface area contributed by atoms with Gasteiger partial charge in [0.25, 0.3) is 0 Å². The van der Waals surface area contributed by atoms with Gasteiger partial charge in [-0.1, -0.05) is 140 Å². The zero-order chi connectivity index (χ0) is 37.7. The molecule has 5 heteroatoms. The van der Waals surface area contributed by atoms with Gasteiger partial charge in [0.05, 0.1) is 33.8 Å². The minimum absolute atomic E-state index is 0.690. The van der Waals surface area contributed by atoms with Crippen LogP contribution in [-0.4, -0.2) is 14.5 Å². The molecule has 57 heavy (non-hydrogen) atoms. The number of fused-ring (bicyclic) bond motifs is 5. The Kier molecular flexibility index (Phi) is 7.74. The minimum Gasteiger partial charge on any atom is -0.453 e. The van der Waals surface area contributed by atoms with Crippen LogP contribution in [0, 0.1) is 0 Å². The first-order valence-electron chi connectivity index (χ1n) is 19.2. The van der Waals surface area contributed by atoms with Gasteiger partial charge in [-0.05, 0) is 77.9 Å². The van der Waals surface area contributed by atoms with E-state index in [1.807, 2.05) is 60.7 Å². The summed E-state index contributed by atoms with van der Waals surface area (Å²) >= 11 is 0. The van der Waals surface area contributed by atoms with Gasteiger partial charge in [0.2, 0.25) is 0 Å². The third-order valence-electron chi connectivity index (χ3n) is 10.8. The molecular weight excluding hydrogens is 697 g/mol. The molecule has 0 saturated carbocycles. The summed E-state index contributed by atoms with van der Waals surface area (Å²) in [5, 5.41) is 2.41. The van der Waals surface area contributed by atoms with E-state index in [9.17, 15) is 0 Å². The average Bonchev–Trinajstić information content (AvgIpc) is 3.62. The number of hydrogen-bond acceptors (Lipinski definition) is 4. The quantitative estimate of drug-likeness (QED) is 0.171. The van der Waals surface area contributed by atoms with E-state index in [-0.39, 0.29) is 0 Å². The Labute approximate surface area is 330 Å². The summed E-state index contributed by atoms with van der Waals surface area (Å²) < 4.78 is 8.72. The molecule has 0 spiro atoms.